The fraction of sp³-hybridized carbons (Fsp3) is 0.889. The number of nitrogens with one attached hydrogen (secondary N) is 1. The van der Waals surface area contributed by atoms with E-state index in [1.807, 2.05) is 0 Å². The van der Waals surface area contributed by atoms with Crippen LogP contribution in [0.5, 0.6) is 0 Å². The summed E-state index contributed by atoms with van der Waals surface area (Å²) >= 11 is 1.79. The Morgan fingerprint density at radius 3 is 2.87 bits per heavy atom. The Balaban J connectivity index is 2.48. The molecule has 1 aliphatic rings. The predicted octanol–water partition coefficient (Wildman–Crippen LogP) is 1.10. The number of nitriles is 1. The largest absolute Gasteiger partial charge is 0.225 e. The quantitative estimate of drug-likeness (QED) is 0.809. The van der Waals surface area contributed by atoms with Gasteiger partial charge in [-0.2, -0.15) is 17.0 Å². The molecule has 1 saturated carbocycles. The zero-order chi connectivity index (χ0) is 11.3. The Kier molecular flexibility index (Phi) is 4.90. The van der Waals surface area contributed by atoms with Gasteiger partial charge in [0.1, 0.15) is 0 Å². The molecule has 0 bridgehead atoms. The van der Waals surface area contributed by atoms with E-state index < -0.39 is 15.8 Å². The fourth-order valence-corrected chi connectivity index (χ4v) is 3.65. The van der Waals surface area contributed by atoms with Crippen molar-refractivity contribution < 1.29 is 8.42 Å². The van der Waals surface area contributed by atoms with E-state index in [-0.39, 0.29) is 6.04 Å². The molecule has 0 spiro atoms. The molecule has 0 aromatic carbocycles. The van der Waals surface area contributed by atoms with E-state index in [0.717, 1.165) is 25.7 Å². The summed E-state index contributed by atoms with van der Waals surface area (Å²) in [6.07, 6.45) is 6.05. The first-order valence-electron chi connectivity index (χ1n) is 4.97. The van der Waals surface area contributed by atoms with Crippen LogP contribution in [0.2, 0.25) is 0 Å². The molecule has 1 aliphatic carbocycles. The average Bonchev–Trinajstić information content (AvgIpc) is 2.17. The van der Waals surface area contributed by atoms with Gasteiger partial charge in [-0.25, -0.2) is 13.1 Å². The van der Waals surface area contributed by atoms with E-state index in [4.69, 9.17) is 5.26 Å². The lowest BCUT2D eigenvalue weighted by Crippen LogP contribution is -2.39. The molecule has 0 amide bonds. The van der Waals surface area contributed by atoms with Gasteiger partial charge in [0.15, 0.2) is 5.75 Å². The highest BCUT2D eigenvalue weighted by atomic mass is 32.2. The third kappa shape index (κ3) is 4.41. The first kappa shape index (κ1) is 12.8. The Morgan fingerprint density at radius 2 is 2.27 bits per heavy atom. The Labute approximate surface area is 95.5 Å². The SMILES string of the molecule is CSC1CCCC(NS(=O)(=O)CC#N)C1. The van der Waals surface area contributed by atoms with Crippen LogP contribution < -0.4 is 4.72 Å². The van der Waals surface area contributed by atoms with E-state index in [9.17, 15) is 8.42 Å². The molecule has 0 aromatic rings. The van der Waals surface area contributed by atoms with Gasteiger partial charge in [0, 0.05) is 11.3 Å². The number of hydrogen-bond acceptors (Lipinski definition) is 4. The molecule has 1 rings (SSSR count). The first-order chi connectivity index (χ1) is 7.07. The zero-order valence-electron chi connectivity index (χ0n) is 8.77. The summed E-state index contributed by atoms with van der Waals surface area (Å²) in [5.74, 6) is -0.437. The zero-order valence-corrected chi connectivity index (χ0v) is 10.4. The maximum Gasteiger partial charge on any atom is 0.225 e. The minimum absolute atomic E-state index is 0.0227. The highest BCUT2D eigenvalue weighted by Crippen LogP contribution is 2.27. The van der Waals surface area contributed by atoms with Crippen molar-refractivity contribution in [2.75, 3.05) is 12.0 Å². The number of nitrogens with zero attached hydrogens (tertiary/aromatic N) is 1. The van der Waals surface area contributed by atoms with Crippen LogP contribution >= 0.6 is 11.8 Å². The molecule has 2 atom stereocenters. The van der Waals surface area contributed by atoms with Crippen LogP contribution in [0.15, 0.2) is 0 Å². The lowest BCUT2D eigenvalue weighted by atomic mass is 9.96. The van der Waals surface area contributed by atoms with Gasteiger partial charge >= 0.3 is 0 Å². The van der Waals surface area contributed by atoms with Gasteiger partial charge in [0.05, 0.1) is 6.07 Å². The second kappa shape index (κ2) is 5.73. The Bertz CT molecular complexity index is 335. The minimum Gasteiger partial charge on any atom is -0.211 e. The van der Waals surface area contributed by atoms with Crippen LogP contribution in [-0.2, 0) is 10.0 Å². The van der Waals surface area contributed by atoms with Gasteiger partial charge in [-0.05, 0) is 25.5 Å². The smallest absolute Gasteiger partial charge is 0.211 e. The highest BCUT2D eigenvalue weighted by Gasteiger charge is 2.24. The maximum atomic E-state index is 11.4. The standard InChI is InChI=1S/C9H16N2O2S2/c1-14-9-4-2-3-8(7-9)11-15(12,13)6-5-10/h8-9,11H,2-4,6-7H2,1H3. The molecule has 15 heavy (non-hydrogen) atoms. The molecule has 4 nitrogen and oxygen atoms in total. The number of sulfonamides is 1. The average molecular weight is 248 g/mol. The summed E-state index contributed by atoms with van der Waals surface area (Å²) in [6.45, 7) is 0. The lowest BCUT2D eigenvalue weighted by Gasteiger charge is -2.28. The van der Waals surface area contributed by atoms with Crippen LogP contribution in [0.25, 0.3) is 0 Å². The lowest BCUT2D eigenvalue weighted by molar-refractivity contribution is 0.421. The Hall–Kier alpha value is -0.250. The minimum atomic E-state index is -3.38. The van der Waals surface area contributed by atoms with E-state index in [1.54, 1.807) is 17.8 Å². The van der Waals surface area contributed by atoms with Crippen LogP contribution in [0, 0.1) is 11.3 Å². The third-order valence-electron chi connectivity index (χ3n) is 2.56. The summed E-state index contributed by atoms with van der Waals surface area (Å²) in [6, 6.07) is 1.69. The van der Waals surface area contributed by atoms with Gasteiger partial charge in [-0.3, -0.25) is 0 Å². The highest BCUT2D eigenvalue weighted by molar-refractivity contribution is 7.99. The van der Waals surface area contributed by atoms with Gasteiger partial charge in [0.2, 0.25) is 10.0 Å². The fourth-order valence-electron chi connectivity index (χ4n) is 1.85. The van der Waals surface area contributed by atoms with Crippen molar-refractivity contribution >= 4 is 21.8 Å². The first-order valence-corrected chi connectivity index (χ1v) is 7.91. The maximum absolute atomic E-state index is 11.4. The molecule has 0 heterocycles. The summed E-state index contributed by atoms with van der Waals surface area (Å²) in [5, 5.41) is 8.91. The van der Waals surface area contributed by atoms with Crippen LogP contribution in [0.1, 0.15) is 25.7 Å². The van der Waals surface area contributed by atoms with E-state index in [1.165, 1.54) is 0 Å². The van der Waals surface area contributed by atoms with Gasteiger partial charge in [-0.15, -0.1) is 0 Å². The third-order valence-corrected chi connectivity index (χ3v) is 4.86. The molecular weight excluding hydrogens is 232 g/mol. The van der Waals surface area contributed by atoms with Crippen molar-refractivity contribution in [3.8, 4) is 6.07 Å². The molecule has 0 radical (unpaired) electrons. The van der Waals surface area contributed by atoms with E-state index in [2.05, 4.69) is 11.0 Å². The molecule has 0 saturated heterocycles. The van der Waals surface area contributed by atoms with Crippen LogP contribution in [0.3, 0.4) is 0 Å². The molecule has 1 N–H and O–H groups in total. The van der Waals surface area contributed by atoms with E-state index >= 15 is 0 Å². The van der Waals surface area contributed by atoms with Crippen molar-refractivity contribution in [3.63, 3.8) is 0 Å². The summed E-state index contributed by atoms with van der Waals surface area (Å²) in [5.41, 5.74) is 0. The molecule has 0 aromatic heterocycles. The van der Waals surface area contributed by atoms with Crippen LogP contribution in [-0.4, -0.2) is 31.7 Å². The van der Waals surface area contributed by atoms with Crippen molar-refractivity contribution in [3.05, 3.63) is 0 Å². The molecule has 1 fully saturated rings. The summed E-state index contributed by atoms with van der Waals surface area (Å²) in [4.78, 5) is 0. The summed E-state index contributed by atoms with van der Waals surface area (Å²) < 4.78 is 25.3. The normalized spacial score (nSPS) is 27.2. The molecule has 0 aliphatic heterocycles. The number of thioether (sulfide) groups is 1. The van der Waals surface area contributed by atoms with Crippen molar-refractivity contribution in [2.45, 2.75) is 37.0 Å². The second-order valence-electron chi connectivity index (χ2n) is 3.76. The molecule has 2 unspecified atom stereocenters. The topological polar surface area (TPSA) is 70.0 Å². The number of rotatable bonds is 4. The van der Waals surface area contributed by atoms with Gasteiger partial charge < -0.3 is 0 Å². The molecular formula is C9H16N2O2S2. The van der Waals surface area contributed by atoms with Crippen molar-refractivity contribution in [1.29, 1.82) is 5.26 Å². The number of hydrogen-bond donors (Lipinski definition) is 1. The van der Waals surface area contributed by atoms with Gasteiger partial charge in [-0.1, -0.05) is 6.42 Å². The second-order valence-corrected chi connectivity index (χ2v) is 6.65. The predicted molar refractivity (Wildman–Crippen MR) is 62.1 cm³/mol. The van der Waals surface area contributed by atoms with Gasteiger partial charge in [0.25, 0.3) is 0 Å². The molecule has 6 heteroatoms. The Morgan fingerprint density at radius 1 is 1.53 bits per heavy atom. The van der Waals surface area contributed by atoms with Crippen molar-refractivity contribution in [1.82, 2.24) is 4.72 Å². The van der Waals surface area contributed by atoms with Crippen molar-refractivity contribution in [2.24, 2.45) is 0 Å². The van der Waals surface area contributed by atoms with Crippen LogP contribution in [0.4, 0.5) is 0 Å². The molecule has 86 valence electrons. The summed E-state index contributed by atoms with van der Waals surface area (Å²) in [7, 11) is -3.38. The monoisotopic (exact) mass is 248 g/mol. The van der Waals surface area contributed by atoms with E-state index in [0.29, 0.717) is 5.25 Å².